The molecule has 2 amide bonds. The van der Waals surface area contributed by atoms with Gasteiger partial charge in [0.05, 0.1) is 25.6 Å². The Morgan fingerprint density at radius 1 is 1.35 bits per heavy atom. The molecule has 0 aromatic carbocycles. The molecule has 0 unspecified atom stereocenters. The molecule has 0 spiro atoms. The molecule has 10 nitrogen and oxygen atoms in total. The van der Waals surface area contributed by atoms with Gasteiger partial charge in [0.1, 0.15) is 5.69 Å². The summed E-state index contributed by atoms with van der Waals surface area (Å²) in [5, 5.41) is 21.9. The molecule has 12 heteroatoms. The first-order chi connectivity index (χ1) is 16.3. The first-order valence-electron chi connectivity index (χ1n) is 11.8. The Labute approximate surface area is 204 Å². The van der Waals surface area contributed by atoms with Gasteiger partial charge in [0, 0.05) is 32.2 Å². The van der Waals surface area contributed by atoms with Crippen molar-refractivity contribution in [1.82, 2.24) is 25.2 Å². The van der Waals surface area contributed by atoms with Crippen molar-refractivity contribution >= 4 is 29.7 Å². The molecule has 190 valence electrons. The Balaban J connectivity index is 1.69. The summed E-state index contributed by atoms with van der Waals surface area (Å²) in [5.41, 5.74) is -0.0239. The average Bonchev–Trinajstić information content (AvgIpc) is 3.32. The van der Waals surface area contributed by atoms with Gasteiger partial charge in [0.2, 0.25) is 17.6 Å². The molecule has 0 bridgehead atoms. The summed E-state index contributed by atoms with van der Waals surface area (Å²) in [6.07, 6.45) is 5.06. The molecule has 2 aliphatic rings. The number of nitrogens with zero attached hydrogens (tertiary/aromatic N) is 5. The SMILES string of the molecule is C[C@H]1CN(CCO)CCN1c1nc(Cl)nc(CNC(=O)[C@H](CC2CCCC2)CN(O)C=O)c1F. The number of hydrogen-bond acceptors (Lipinski definition) is 8. The fourth-order valence-corrected chi connectivity index (χ4v) is 5.13. The van der Waals surface area contributed by atoms with E-state index in [2.05, 4.69) is 20.2 Å². The summed E-state index contributed by atoms with van der Waals surface area (Å²) in [6, 6.07) is -0.0575. The molecule has 1 aromatic rings. The predicted molar refractivity (Wildman–Crippen MR) is 124 cm³/mol. The number of carbonyl (C=O) groups excluding carboxylic acids is 2. The van der Waals surface area contributed by atoms with E-state index in [1.165, 1.54) is 0 Å². The van der Waals surface area contributed by atoms with Crippen molar-refractivity contribution in [2.75, 3.05) is 44.2 Å². The lowest BCUT2D eigenvalue weighted by Gasteiger charge is -2.40. The first kappa shape index (κ1) is 26.5. The van der Waals surface area contributed by atoms with E-state index in [0.29, 0.717) is 43.6 Å². The number of β-amino-alcohol motifs (C(OH)–C–C–N with tert-alkyl or cyclic N) is 1. The number of hydroxylamine groups is 2. The average molecular weight is 501 g/mol. The van der Waals surface area contributed by atoms with Gasteiger partial charge in [0.25, 0.3) is 0 Å². The minimum Gasteiger partial charge on any atom is -0.395 e. The van der Waals surface area contributed by atoms with E-state index < -0.39 is 11.7 Å². The molecular formula is C22H34ClFN6O4. The summed E-state index contributed by atoms with van der Waals surface area (Å²) in [4.78, 5) is 35.8. The van der Waals surface area contributed by atoms with Gasteiger partial charge < -0.3 is 15.3 Å². The summed E-state index contributed by atoms with van der Waals surface area (Å²) >= 11 is 6.10. The molecule has 1 aromatic heterocycles. The van der Waals surface area contributed by atoms with Crippen LogP contribution in [-0.2, 0) is 16.1 Å². The number of aliphatic hydroxyl groups is 1. The highest BCUT2D eigenvalue weighted by Crippen LogP contribution is 2.31. The largest absolute Gasteiger partial charge is 0.395 e. The van der Waals surface area contributed by atoms with Crippen molar-refractivity contribution in [3.05, 3.63) is 16.8 Å². The Hall–Kier alpha value is -2.08. The molecule has 0 radical (unpaired) electrons. The molecule has 2 atom stereocenters. The maximum atomic E-state index is 15.4. The van der Waals surface area contributed by atoms with Crippen LogP contribution in [0.3, 0.4) is 0 Å². The van der Waals surface area contributed by atoms with Gasteiger partial charge in [0.15, 0.2) is 11.6 Å². The molecule has 1 aliphatic carbocycles. The van der Waals surface area contributed by atoms with Gasteiger partial charge in [-0.2, -0.15) is 4.98 Å². The quantitative estimate of drug-likeness (QED) is 0.180. The van der Waals surface area contributed by atoms with Crippen LogP contribution in [0.25, 0.3) is 0 Å². The van der Waals surface area contributed by atoms with E-state index >= 15 is 4.39 Å². The van der Waals surface area contributed by atoms with Crippen LogP contribution in [0.1, 0.15) is 44.7 Å². The van der Waals surface area contributed by atoms with Crippen molar-refractivity contribution < 1.29 is 24.3 Å². The van der Waals surface area contributed by atoms with Crippen LogP contribution in [0.2, 0.25) is 5.28 Å². The normalized spacial score (nSPS) is 20.4. The predicted octanol–water partition coefficient (Wildman–Crippen LogP) is 1.43. The zero-order valence-electron chi connectivity index (χ0n) is 19.5. The maximum Gasteiger partial charge on any atom is 0.233 e. The third kappa shape index (κ3) is 6.97. The highest BCUT2D eigenvalue weighted by molar-refractivity contribution is 6.28. The first-order valence-corrected chi connectivity index (χ1v) is 12.2. The smallest absolute Gasteiger partial charge is 0.233 e. The molecule has 3 N–H and O–H groups in total. The second-order valence-electron chi connectivity index (χ2n) is 9.17. The van der Waals surface area contributed by atoms with E-state index in [-0.39, 0.29) is 54.9 Å². The van der Waals surface area contributed by atoms with Crippen LogP contribution < -0.4 is 10.2 Å². The topological polar surface area (TPSA) is 122 Å². The van der Waals surface area contributed by atoms with Crippen LogP contribution >= 0.6 is 11.6 Å². The van der Waals surface area contributed by atoms with E-state index in [9.17, 15) is 14.8 Å². The van der Waals surface area contributed by atoms with Gasteiger partial charge in [-0.15, -0.1) is 0 Å². The number of aliphatic hydroxyl groups excluding tert-OH is 1. The summed E-state index contributed by atoms with van der Waals surface area (Å²) < 4.78 is 15.4. The zero-order valence-corrected chi connectivity index (χ0v) is 20.3. The zero-order chi connectivity index (χ0) is 24.7. The number of hydrogen-bond donors (Lipinski definition) is 3. The van der Waals surface area contributed by atoms with Crippen molar-refractivity contribution in [3.63, 3.8) is 0 Å². The van der Waals surface area contributed by atoms with E-state index in [1.807, 2.05) is 11.8 Å². The highest BCUT2D eigenvalue weighted by Gasteiger charge is 2.30. The second kappa shape index (κ2) is 12.6. The summed E-state index contributed by atoms with van der Waals surface area (Å²) in [6.45, 7) is 4.06. The number of piperazine rings is 1. The molecule has 34 heavy (non-hydrogen) atoms. The molecular weight excluding hydrogens is 467 g/mol. The van der Waals surface area contributed by atoms with E-state index in [0.717, 1.165) is 25.7 Å². The fourth-order valence-electron chi connectivity index (χ4n) is 4.95. The molecule has 1 saturated heterocycles. The van der Waals surface area contributed by atoms with Crippen molar-refractivity contribution in [3.8, 4) is 0 Å². The molecule has 2 fully saturated rings. The molecule has 2 heterocycles. The number of amides is 2. The highest BCUT2D eigenvalue weighted by atomic mass is 35.5. The number of aromatic nitrogens is 2. The van der Waals surface area contributed by atoms with Crippen molar-refractivity contribution in [2.45, 2.75) is 51.6 Å². The van der Waals surface area contributed by atoms with Crippen LogP contribution in [0.4, 0.5) is 10.2 Å². The monoisotopic (exact) mass is 500 g/mol. The third-order valence-corrected chi connectivity index (χ3v) is 6.87. The summed E-state index contributed by atoms with van der Waals surface area (Å²) in [5.74, 6) is -1.19. The van der Waals surface area contributed by atoms with Crippen molar-refractivity contribution in [2.24, 2.45) is 11.8 Å². The van der Waals surface area contributed by atoms with E-state index in [4.69, 9.17) is 16.7 Å². The lowest BCUT2D eigenvalue weighted by atomic mass is 9.92. The van der Waals surface area contributed by atoms with Crippen LogP contribution in [0.5, 0.6) is 0 Å². The lowest BCUT2D eigenvalue weighted by molar-refractivity contribution is -0.155. The van der Waals surface area contributed by atoms with Gasteiger partial charge in [-0.25, -0.2) is 14.4 Å². The Morgan fingerprint density at radius 2 is 2.09 bits per heavy atom. The number of carbonyl (C=O) groups is 2. The number of anilines is 1. The number of halogens is 2. The van der Waals surface area contributed by atoms with Gasteiger partial charge >= 0.3 is 0 Å². The molecule has 1 saturated carbocycles. The van der Waals surface area contributed by atoms with Gasteiger partial charge in [-0.1, -0.05) is 25.7 Å². The molecule has 3 rings (SSSR count). The number of nitrogens with one attached hydrogen (secondary N) is 1. The molecule has 1 aliphatic heterocycles. The maximum absolute atomic E-state index is 15.4. The standard InChI is InChI=1S/C22H34ClFN6O4/c1-15-12-28(8-9-31)6-7-30(15)20-19(24)18(26-22(23)27-20)11-25-21(33)17(13-29(34)14-32)10-16-4-2-3-5-16/h14-17,31,34H,2-13H2,1H3,(H,25,33)/t15-,17+/m0/s1. The Morgan fingerprint density at radius 3 is 2.74 bits per heavy atom. The van der Waals surface area contributed by atoms with Gasteiger partial charge in [-0.05, 0) is 30.9 Å². The van der Waals surface area contributed by atoms with Crippen LogP contribution in [-0.4, -0.2) is 87.9 Å². The Kier molecular flexibility index (Phi) is 9.81. The second-order valence-corrected chi connectivity index (χ2v) is 9.51. The van der Waals surface area contributed by atoms with Crippen LogP contribution in [0, 0.1) is 17.7 Å². The lowest BCUT2D eigenvalue weighted by Crippen LogP contribution is -2.53. The Bertz CT molecular complexity index is 844. The van der Waals surface area contributed by atoms with Crippen molar-refractivity contribution in [1.29, 1.82) is 0 Å². The third-order valence-electron chi connectivity index (χ3n) is 6.70. The minimum atomic E-state index is -0.642. The minimum absolute atomic E-state index is 0.0239. The fraction of sp³-hybridized carbons (Fsp3) is 0.727. The van der Waals surface area contributed by atoms with E-state index in [1.54, 1.807) is 0 Å². The summed E-state index contributed by atoms with van der Waals surface area (Å²) in [7, 11) is 0. The number of rotatable bonds is 11. The van der Waals surface area contributed by atoms with Crippen LogP contribution in [0.15, 0.2) is 0 Å². The van der Waals surface area contributed by atoms with Gasteiger partial charge in [-0.3, -0.25) is 19.7 Å².